The van der Waals surface area contributed by atoms with Gasteiger partial charge in [0.2, 0.25) is 5.90 Å². The molecule has 0 aromatic heterocycles. The van der Waals surface area contributed by atoms with E-state index in [4.69, 9.17) is 16.3 Å². The van der Waals surface area contributed by atoms with Crippen LogP contribution in [0, 0.1) is 6.92 Å². The summed E-state index contributed by atoms with van der Waals surface area (Å²) >= 11 is 6.04. The number of nitrogens with zero attached hydrogens (tertiary/aromatic N) is 1. The number of carbonyl (C=O) groups is 1. The van der Waals surface area contributed by atoms with Crippen LogP contribution in [0.4, 0.5) is 32.0 Å². The molecule has 0 amide bonds. The predicted octanol–water partition coefficient (Wildman–Crippen LogP) is 7.53. The Morgan fingerprint density at radius 2 is 1.53 bits per heavy atom. The fraction of sp³-hybridized carbons (Fsp3) is 0.167. The van der Waals surface area contributed by atoms with E-state index in [1.54, 1.807) is 37.3 Å². The first-order valence-corrected chi connectivity index (χ1v) is 10.2. The summed E-state index contributed by atoms with van der Waals surface area (Å²) in [4.78, 5) is 16.4. The zero-order valence-corrected chi connectivity index (χ0v) is 18.1. The van der Waals surface area contributed by atoms with Crippen molar-refractivity contribution >= 4 is 29.2 Å². The molecule has 10 heteroatoms. The predicted molar refractivity (Wildman–Crippen MR) is 113 cm³/mol. The lowest BCUT2D eigenvalue weighted by atomic mass is 9.98. The van der Waals surface area contributed by atoms with Crippen molar-refractivity contribution in [3.63, 3.8) is 0 Å². The average molecular weight is 498 g/mol. The minimum atomic E-state index is -4.91. The molecule has 0 unspecified atom stereocenters. The summed E-state index contributed by atoms with van der Waals surface area (Å²) in [7, 11) is 0. The third-order valence-electron chi connectivity index (χ3n) is 5.18. The Labute approximate surface area is 194 Å². The van der Waals surface area contributed by atoms with Gasteiger partial charge in [0, 0.05) is 0 Å². The van der Waals surface area contributed by atoms with E-state index in [0.29, 0.717) is 34.5 Å². The van der Waals surface area contributed by atoms with Crippen LogP contribution in [0.1, 0.15) is 43.7 Å². The summed E-state index contributed by atoms with van der Waals surface area (Å²) < 4.78 is 83.9. The summed E-state index contributed by atoms with van der Waals surface area (Å²) in [5.74, 6) is -0.593. The van der Waals surface area contributed by atoms with E-state index in [0.717, 1.165) is 0 Å². The van der Waals surface area contributed by atoms with Crippen LogP contribution in [-0.4, -0.2) is 11.9 Å². The van der Waals surface area contributed by atoms with Crippen LogP contribution in [0.25, 0.3) is 0 Å². The van der Waals surface area contributed by atoms with E-state index < -0.39 is 29.4 Å². The number of alkyl halides is 6. The molecule has 3 nitrogen and oxygen atoms in total. The molecule has 0 saturated heterocycles. The number of fused-ring (bicyclic) bond motifs is 1. The van der Waals surface area contributed by atoms with Gasteiger partial charge in [0.25, 0.3) is 0 Å². The summed E-state index contributed by atoms with van der Waals surface area (Å²) in [6.45, 7) is 1.67. The molecule has 3 aromatic rings. The minimum absolute atomic E-state index is 0.0473. The monoisotopic (exact) mass is 497 g/mol. The maximum Gasteiger partial charge on any atom is 0.416 e. The molecule has 1 heterocycles. The SMILES string of the molecule is Cc1cc(Cc2cc(C(F)(F)F)cc(C(F)(F)F)c2)ccc1N=C1OC(=O)c2c(Cl)cccc21. The van der Waals surface area contributed by atoms with E-state index in [-0.39, 0.29) is 34.5 Å². The molecule has 0 spiro atoms. The van der Waals surface area contributed by atoms with Gasteiger partial charge in [0.15, 0.2) is 0 Å². The number of esters is 1. The highest BCUT2D eigenvalue weighted by Crippen LogP contribution is 2.37. The van der Waals surface area contributed by atoms with Gasteiger partial charge in [-0.05, 0) is 66.4 Å². The fourth-order valence-electron chi connectivity index (χ4n) is 3.61. The van der Waals surface area contributed by atoms with Crippen LogP contribution in [0.2, 0.25) is 5.02 Å². The molecule has 0 aliphatic carbocycles. The van der Waals surface area contributed by atoms with Gasteiger partial charge in [-0.1, -0.05) is 29.8 Å². The third kappa shape index (κ3) is 4.79. The second kappa shape index (κ2) is 8.47. The molecule has 4 rings (SSSR count). The maximum atomic E-state index is 13.1. The molecule has 0 saturated carbocycles. The van der Waals surface area contributed by atoms with E-state index in [1.807, 2.05) is 0 Å². The molecule has 0 atom stereocenters. The zero-order chi connectivity index (χ0) is 24.8. The van der Waals surface area contributed by atoms with Crippen molar-refractivity contribution in [1.29, 1.82) is 0 Å². The largest absolute Gasteiger partial charge is 0.416 e. The fourth-order valence-corrected chi connectivity index (χ4v) is 3.86. The number of hydrogen-bond donors (Lipinski definition) is 0. The van der Waals surface area contributed by atoms with Crippen molar-refractivity contribution in [3.05, 3.63) is 98.6 Å². The highest BCUT2D eigenvalue weighted by atomic mass is 35.5. The van der Waals surface area contributed by atoms with Gasteiger partial charge in [-0.25, -0.2) is 9.79 Å². The summed E-state index contributed by atoms with van der Waals surface area (Å²) in [5, 5.41) is 0.221. The average Bonchev–Trinajstić information content (AvgIpc) is 3.05. The van der Waals surface area contributed by atoms with Gasteiger partial charge in [0.1, 0.15) is 0 Å². The molecular weight excluding hydrogens is 484 g/mol. The lowest BCUT2D eigenvalue weighted by Gasteiger charge is -2.14. The lowest BCUT2D eigenvalue weighted by molar-refractivity contribution is -0.143. The molecule has 3 aromatic carbocycles. The number of rotatable bonds is 3. The number of ether oxygens (including phenoxy) is 1. The van der Waals surface area contributed by atoms with Crippen LogP contribution in [0.5, 0.6) is 0 Å². The molecule has 176 valence electrons. The number of benzene rings is 3. The van der Waals surface area contributed by atoms with Gasteiger partial charge in [0.05, 0.1) is 33.0 Å². The zero-order valence-electron chi connectivity index (χ0n) is 17.3. The number of cyclic esters (lactones) is 1. The molecule has 0 bridgehead atoms. The second-order valence-electron chi connectivity index (χ2n) is 7.68. The lowest BCUT2D eigenvalue weighted by Crippen LogP contribution is -2.12. The topological polar surface area (TPSA) is 38.7 Å². The first-order chi connectivity index (χ1) is 15.8. The van der Waals surface area contributed by atoms with Gasteiger partial charge < -0.3 is 4.74 Å². The molecule has 1 aliphatic heterocycles. The van der Waals surface area contributed by atoms with Crippen molar-refractivity contribution in [2.45, 2.75) is 25.7 Å². The Bertz CT molecular complexity index is 1300. The third-order valence-corrected chi connectivity index (χ3v) is 5.49. The number of carbonyl (C=O) groups excluding carboxylic acids is 1. The highest BCUT2D eigenvalue weighted by Gasteiger charge is 2.37. The molecule has 0 radical (unpaired) electrons. The molecule has 0 fully saturated rings. The molecule has 34 heavy (non-hydrogen) atoms. The highest BCUT2D eigenvalue weighted by molar-refractivity contribution is 6.36. The standard InChI is InChI=1S/C24H14ClF6NO2/c1-12-7-13(8-14-9-15(23(26,27)28)11-16(10-14)24(29,30)31)5-6-19(12)32-21-17-3-2-4-18(25)20(17)22(33)34-21/h2-7,9-11H,8H2,1H3. The summed E-state index contributed by atoms with van der Waals surface area (Å²) in [5.41, 5.74) is -0.754. The number of aryl methyl sites for hydroxylation is 1. The van der Waals surface area contributed by atoms with Gasteiger partial charge in [-0.3, -0.25) is 0 Å². The van der Waals surface area contributed by atoms with Crippen LogP contribution in [-0.2, 0) is 23.5 Å². The maximum absolute atomic E-state index is 13.1. The van der Waals surface area contributed by atoms with Crippen molar-refractivity contribution < 1.29 is 35.9 Å². The summed E-state index contributed by atoms with van der Waals surface area (Å²) in [6, 6.07) is 11.0. The summed E-state index contributed by atoms with van der Waals surface area (Å²) in [6.07, 6.45) is -9.98. The van der Waals surface area contributed by atoms with Crippen molar-refractivity contribution in [2.24, 2.45) is 4.99 Å². The van der Waals surface area contributed by atoms with Crippen LogP contribution < -0.4 is 0 Å². The number of halogens is 7. The quantitative estimate of drug-likeness (QED) is 0.277. The number of aliphatic imine (C=N–C) groups is 1. The van der Waals surface area contributed by atoms with E-state index in [9.17, 15) is 31.1 Å². The van der Waals surface area contributed by atoms with Crippen molar-refractivity contribution in [1.82, 2.24) is 0 Å². The Kier molecular flexibility index (Phi) is 5.93. The van der Waals surface area contributed by atoms with Crippen LogP contribution in [0.15, 0.2) is 59.6 Å². The molecule has 1 aliphatic rings. The Hall–Kier alpha value is -3.33. The first kappa shape index (κ1) is 23.8. The normalized spacial score (nSPS) is 14.9. The Morgan fingerprint density at radius 3 is 2.12 bits per heavy atom. The Balaban J connectivity index is 1.65. The van der Waals surface area contributed by atoms with Crippen molar-refractivity contribution in [2.75, 3.05) is 0 Å². The smallest absolute Gasteiger partial charge is 0.403 e. The van der Waals surface area contributed by atoms with E-state index >= 15 is 0 Å². The molecular formula is C24H14ClF6NO2. The van der Waals surface area contributed by atoms with Gasteiger partial charge in [-0.15, -0.1) is 0 Å². The molecule has 0 N–H and O–H groups in total. The Morgan fingerprint density at radius 1 is 0.882 bits per heavy atom. The second-order valence-corrected chi connectivity index (χ2v) is 8.09. The van der Waals surface area contributed by atoms with Crippen molar-refractivity contribution in [3.8, 4) is 0 Å². The van der Waals surface area contributed by atoms with Gasteiger partial charge >= 0.3 is 18.3 Å². The first-order valence-electron chi connectivity index (χ1n) is 9.80. The minimum Gasteiger partial charge on any atom is -0.403 e. The van der Waals surface area contributed by atoms with Gasteiger partial charge in [-0.2, -0.15) is 26.3 Å². The van der Waals surface area contributed by atoms with E-state index in [2.05, 4.69) is 4.99 Å². The van der Waals surface area contributed by atoms with E-state index in [1.165, 1.54) is 6.07 Å². The number of hydrogen-bond acceptors (Lipinski definition) is 3. The van der Waals surface area contributed by atoms with Crippen LogP contribution in [0.3, 0.4) is 0 Å². The van der Waals surface area contributed by atoms with Crippen LogP contribution >= 0.6 is 11.6 Å².